The van der Waals surface area contributed by atoms with Crippen LogP contribution in [0.15, 0.2) is 36.4 Å². The highest BCUT2D eigenvalue weighted by Gasteiger charge is 2.29. The summed E-state index contributed by atoms with van der Waals surface area (Å²) in [5.74, 6) is -2.65. The number of halogens is 4. The van der Waals surface area contributed by atoms with Crippen molar-refractivity contribution in [2.75, 3.05) is 26.2 Å². The van der Waals surface area contributed by atoms with Crippen molar-refractivity contribution in [1.82, 2.24) is 10.0 Å². The first-order valence-corrected chi connectivity index (χ1v) is 10.2. The number of piperidine rings is 2. The van der Waals surface area contributed by atoms with Crippen LogP contribution in [0.2, 0.25) is 0 Å². The van der Waals surface area contributed by atoms with Gasteiger partial charge in [0.1, 0.15) is 23.8 Å². The molecule has 0 saturated carbocycles. The van der Waals surface area contributed by atoms with E-state index in [2.05, 4.69) is 10.0 Å². The molecule has 0 atom stereocenters. The monoisotopic (exact) mass is 424 g/mol. The third-order valence-corrected chi connectivity index (χ3v) is 5.62. The van der Waals surface area contributed by atoms with E-state index in [0.717, 1.165) is 70.1 Å². The summed E-state index contributed by atoms with van der Waals surface area (Å²) in [6.07, 6.45) is 2.94. The topological polar surface area (TPSA) is 24.9 Å². The molecule has 0 aliphatic carbocycles. The summed E-state index contributed by atoms with van der Waals surface area (Å²) in [6, 6.07) is 6.95. The molecule has 0 radical (unpaired) electrons. The molecule has 0 N–H and O–H groups in total. The lowest BCUT2D eigenvalue weighted by atomic mass is 10.1. The summed E-state index contributed by atoms with van der Waals surface area (Å²) in [7, 11) is 0. The maximum absolute atomic E-state index is 13.8. The highest BCUT2D eigenvalue weighted by molar-refractivity contribution is 5.25. The summed E-state index contributed by atoms with van der Waals surface area (Å²) in [6.45, 7) is 3.21. The highest BCUT2D eigenvalue weighted by Crippen LogP contribution is 2.26. The fraction of sp³-hybridized carbons (Fsp3) is 0.455. The van der Waals surface area contributed by atoms with Crippen molar-refractivity contribution < 1.29 is 27.0 Å². The van der Waals surface area contributed by atoms with E-state index in [-0.39, 0.29) is 18.0 Å². The molecule has 2 fully saturated rings. The highest BCUT2D eigenvalue weighted by atomic mass is 19.2. The van der Waals surface area contributed by atoms with Gasteiger partial charge in [-0.3, -0.25) is 0 Å². The number of benzene rings is 2. The maximum Gasteiger partial charge on any atom is 0.167 e. The molecular weight excluding hydrogens is 400 g/mol. The van der Waals surface area contributed by atoms with Gasteiger partial charge in [-0.2, -0.15) is 0 Å². The molecule has 2 aliphatic rings. The second-order valence-corrected chi connectivity index (χ2v) is 7.69. The molecule has 8 heteroatoms. The minimum atomic E-state index is -0.907. The molecule has 0 bridgehead atoms. The van der Waals surface area contributed by atoms with Crippen molar-refractivity contribution in [3.63, 3.8) is 0 Å². The lowest BCUT2D eigenvalue weighted by molar-refractivity contribution is -0.0849. The Morgan fingerprint density at radius 2 is 1.23 bits per heavy atom. The Kier molecular flexibility index (Phi) is 6.43. The SMILES string of the molecule is Fc1ccc(OC2CCN(N3CCC(Oc4ccc(F)c(F)c4)CC3)CC2)c(F)c1. The Morgan fingerprint density at radius 3 is 1.80 bits per heavy atom. The summed E-state index contributed by atoms with van der Waals surface area (Å²) in [5.41, 5.74) is 0. The summed E-state index contributed by atoms with van der Waals surface area (Å²) in [4.78, 5) is 0. The number of nitrogens with zero attached hydrogens (tertiary/aromatic N) is 2. The number of rotatable bonds is 5. The van der Waals surface area contributed by atoms with Crippen LogP contribution in [0.3, 0.4) is 0 Å². The maximum atomic E-state index is 13.8. The number of hydrogen-bond donors (Lipinski definition) is 0. The van der Waals surface area contributed by atoms with Gasteiger partial charge in [0.15, 0.2) is 23.2 Å². The van der Waals surface area contributed by atoms with Crippen molar-refractivity contribution in [2.24, 2.45) is 0 Å². The van der Waals surface area contributed by atoms with Gasteiger partial charge in [-0.05, 0) is 49.9 Å². The van der Waals surface area contributed by atoms with E-state index in [1.807, 2.05) is 0 Å². The Hall–Kier alpha value is -2.32. The number of hydrazine groups is 1. The molecule has 2 saturated heterocycles. The molecule has 0 amide bonds. The van der Waals surface area contributed by atoms with Gasteiger partial charge in [-0.1, -0.05) is 0 Å². The van der Waals surface area contributed by atoms with Crippen LogP contribution in [-0.2, 0) is 0 Å². The summed E-state index contributed by atoms with van der Waals surface area (Å²) in [5, 5.41) is 4.55. The smallest absolute Gasteiger partial charge is 0.167 e. The standard InChI is InChI=1S/C22H24F4N2O2/c23-15-1-4-22(21(26)13-15)30-17-7-11-28(12-8-17)27-9-5-16(6-10-27)29-18-2-3-19(24)20(25)14-18/h1-4,13-14,16-17H,5-12H2. The largest absolute Gasteiger partial charge is 0.490 e. The molecule has 2 aromatic rings. The van der Waals surface area contributed by atoms with Gasteiger partial charge in [0, 0.05) is 38.3 Å². The van der Waals surface area contributed by atoms with Gasteiger partial charge in [0.05, 0.1) is 0 Å². The van der Waals surface area contributed by atoms with Crippen LogP contribution in [0, 0.1) is 23.3 Å². The second kappa shape index (κ2) is 9.22. The molecule has 2 aromatic carbocycles. The Balaban J connectivity index is 1.22. The van der Waals surface area contributed by atoms with Gasteiger partial charge >= 0.3 is 0 Å². The van der Waals surface area contributed by atoms with Crippen LogP contribution in [0.25, 0.3) is 0 Å². The van der Waals surface area contributed by atoms with Crippen LogP contribution < -0.4 is 9.47 Å². The minimum Gasteiger partial charge on any atom is -0.490 e. The summed E-state index contributed by atoms with van der Waals surface area (Å²) < 4.78 is 64.7. The minimum absolute atomic E-state index is 0.0339. The van der Waals surface area contributed by atoms with Crippen LogP contribution in [-0.4, -0.2) is 48.4 Å². The zero-order valence-electron chi connectivity index (χ0n) is 16.5. The van der Waals surface area contributed by atoms with E-state index >= 15 is 0 Å². The van der Waals surface area contributed by atoms with E-state index < -0.39 is 23.3 Å². The van der Waals surface area contributed by atoms with Crippen LogP contribution in [0.1, 0.15) is 25.7 Å². The van der Waals surface area contributed by atoms with Crippen LogP contribution in [0.5, 0.6) is 11.5 Å². The predicted molar refractivity (Wildman–Crippen MR) is 103 cm³/mol. The average Bonchev–Trinajstić information content (AvgIpc) is 2.74. The number of ether oxygens (including phenoxy) is 2. The molecule has 0 spiro atoms. The van der Waals surface area contributed by atoms with Crippen LogP contribution >= 0.6 is 0 Å². The third kappa shape index (κ3) is 5.05. The van der Waals surface area contributed by atoms with Gasteiger partial charge in [0.2, 0.25) is 0 Å². The quantitative estimate of drug-likeness (QED) is 0.658. The van der Waals surface area contributed by atoms with Crippen molar-refractivity contribution in [2.45, 2.75) is 37.9 Å². The van der Waals surface area contributed by atoms with E-state index in [1.54, 1.807) is 0 Å². The molecule has 2 heterocycles. The molecule has 30 heavy (non-hydrogen) atoms. The van der Waals surface area contributed by atoms with Crippen LogP contribution in [0.4, 0.5) is 17.6 Å². The molecule has 2 aliphatic heterocycles. The lowest BCUT2D eigenvalue weighted by Gasteiger charge is -2.43. The number of hydrogen-bond acceptors (Lipinski definition) is 4. The van der Waals surface area contributed by atoms with Gasteiger partial charge < -0.3 is 9.47 Å². The van der Waals surface area contributed by atoms with Crippen molar-refractivity contribution in [3.05, 3.63) is 59.7 Å². The Bertz CT molecular complexity index is 866. The van der Waals surface area contributed by atoms with Crippen molar-refractivity contribution >= 4 is 0 Å². The molecule has 4 rings (SSSR count). The van der Waals surface area contributed by atoms with E-state index in [9.17, 15) is 17.6 Å². The first kappa shape index (κ1) is 20.9. The van der Waals surface area contributed by atoms with Crippen molar-refractivity contribution in [3.8, 4) is 11.5 Å². The summed E-state index contributed by atoms with van der Waals surface area (Å²) >= 11 is 0. The first-order chi connectivity index (χ1) is 14.5. The molecule has 0 unspecified atom stereocenters. The predicted octanol–water partition coefficient (Wildman–Crippen LogP) is 4.54. The molecular formula is C22H24F4N2O2. The average molecular weight is 424 g/mol. The normalized spacial score (nSPS) is 19.7. The molecule has 162 valence electrons. The van der Waals surface area contributed by atoms with Crippen molar-refractivity contribution in [1.29, 1.82) is 0 Å². The van der Waals surface area contributed by atoms with Gasteiger partial charge in [-0.15, -0.1) is 0 Å². The lowest BCUT2D eigenvalue weighted by Crippen LogP contribution is -2.52. The molecule has 0 aromatic heterocycles. The third-order valence-electron chi connectivity index (χ3n) is 5.62. The fourth-order valence-corrected chi connectivity index (χ4v) is 3.98. The van der Waals surface area contributed by atoms with E-state index in [1.165, 1.54) is 18.2 Å². The first-order valence-electron chi connectivity index (χ1n) is 10.2. The zero-order chi connectivity index (χ0) is 21.1. The van der Waals surface area contributed by atoms with E-state index in [0.29, 0.717) is 5.75 Å². The Labute approximate surface area is 173 Å². The zero-order valence-corrected chi connectivity index (χ0v) is 16.5. The molecule has 4 nitrogen and oxygen atoms in total. The van der Waals surface area contributed by atoms with Gasteiger partial charge in [-0.25, -0.2) is 27.6 Å². The Morgan fingerprint density at radius 1 is 0.633 bits per heavy atom. The fourth-order valence-electron chi connectivity index (χ4n) is 3.98. The van der Waals surface area contributed by atoms with E-state index in [4.69, 9.17) is 9.47 Å². The van der Waals surface area contributed by atoms with Gasteiger partial charge in [0.25, 0.3) is 0 Å². The second-order valence-electron chi connectivity index (χ2n) is 7.69.